The van der Waals surface area contributed by atoms with Crippen LogP contribution in [0.3, 0.4) is 0 Å². The van der Waals surface area contributed by atoms with E-state index in [-0.39, 0.29) is 0 Å². The van der Waals surface area contributed by atoms with Gasteiger partial charge in [0.15, 0.2) is 0 Å². The van der Waals surface area contributed by atoms with Gasteiger partial charge in [0.05, 0.1) is 84.2 Å². The molecule has 20 aromatic rings. The number of hydrogen-bond donors (Lipinski definition) is 0. The largest absolute Gasteiger partial charge is 0.255 e. The summed E-state index contributed by atoms with van der Waals surface area (Å²) in [6.07, 6.45) is 5.38. The number of rotatable bonds is 11. The fourth-order valence-corrected chi connectivity index (χ4v) is 14.5. The Morgan fingerprint density at radius 2 is 0.500 bits per heavy atom. The minimum absolute atomic E-state index is 0.799. The predicted molar refractivity (Wildman–Crippen MR) is 435 cm³/mol. The lowest BCUT2D eigenvalue weighted by atomic mass is 9.93. The van der Waals surface area contributed by atoms with Crippen LogP contribution in [0, 0.1) is 0 Å². The zero-order valence-electron chi connectivity index (χ0n) is 57.2. The van der Waals surface area contributed by atoms with Gasteiger partial charge in [-0.25, -0.2) is 29.9 Å². The van der Waals surface area contributed by atoms with Crippen molar-refractivity contribution in [3.05, 3.63) is 370 Å². The maximum Gasteiger partial charge on any atom is 0.0978 e. The van der Waals surface area contributed by atoms with E-state index in [0.717, 1.165) is 166 Å². The fraction of sp³-hybridized carbons (Fsp3) is 0. The zero-order valence-corrected chi connectivity index (χ0v) is 57.2. The van der Waals surface area contributed by atoms with Gasteiger partial charge < -0.3 is 0 Å². The molecule has 9 heteroatoms. The molecule has 0 spiro atoms. The van der Waals surface area contributed by atoms with Crippen LogP contribution in [0.2, 0.25) is 0 Å². The Morgan fingerprint density at radius 1 is 0.151 bits per heavy atom. The van der Waals surface area contributed by atoms with Crippen molar-refractivity contribution in [3.8, 4) is 123 Å². The van der Waals surface area contributed by atoms with Crippen molar-refractivity contribution < 1.29 is 0 Å². The predicted octanol–water partition coefficient (Wildman–Crippen LogP) is 24.3. The van der Waals surface area contributed by atoms with Crippen LogP contribution < -0.4 is 0 Å². The first kappa shape index (κ1) is 62.6. The average Bonchev–Trinajstić information content (AvgIpc) is 0.743. The zero-order chi connectivity index (χ0) is 70.3. The molecule has 9 aromatic heterocycles. The summed E-state index contributed by atoms with van der Waals surface area (Å²) in [6.45, 7) is 0. The van der Waals surface area contributed by atoms with Gasteiger partial charge in [0.2, 0.25) is 0 Å². The van der Waals surface area contributed by atoms with E-state index in [1.54, 1.807) is 18.6 Å². The maximum atomic E-state index is 5.29. The lowest BCUT2D eigenvalue weighted by molar-refractivity contribution is 1.22. The van der Waals surface area contributed by atoms with Crippen molar-refractivity contribution in [2.45, 2.75) is 0 Å². The number of pyridine rings is 9. The summed E-state index contributed by atoms with van der Waals surface area (Å²) >= 11 is 0. The topological polar surface area (TPSA) is 116 Å². The van der Waals surface area contributed by atoms with Crippen LogP contribution in [-0.4, -0.2) is 44.9 Å². The summed E-state index contributed by atoms with van der Waals surface area (Å²) in [4.78, 5) is 44.5. The van der Waals surface area contributed by atoms with Crippen molar-refractivity contribution in [2.75, 3.05) is 0 Å². The Balaban J connectivity index is 0.000000145. The Kier molecular flexibility index (Phi) is 16.0. The van der Waals surface area contributed by atoms with Gasteiger partial charge >= 0.3 is 0 Å². The van der Waals surface area contributed by atoms with Gasteiger partial charge in [0, 0.05) is 78.5 Å². The first-order chi connectivity index (χ1) is 52.5. The Hall–Kier alpha value is -14.4. The van der Waals surface area contributed by atoms with E-state index in [0.29, 0.717) is 0 Å². The molecule has 0 atom stereocenters. The van der Waals surface area contributed by atoms with Crippen LogP contribution in [0.4, 0.5) is 0 Å². The molecule has 106 heavy (non-hydrogen) atoms. The van der Waals surface area contributed by atoms with E-state index in [1.807, 2.05) is 66.7 Å². The monoisotopic (exact) mass is 1350 g/mol. The molecule has 11 aromatic carbocycles. The minimum Gasteiger partial charge on any atom is -0.255 e. The molecule has 9 heterocycles. The molecular weight excluding hydrogens is 1290 g/mol. The molecule has 9 nitrogen and oxygen atoms in total. The number of aromatic nitrogens is 9. The molecule has 494 valence electrons. The van der Waals surface area contributed by atoms with Crippen molar-refractivity contribution in [1.82, 2.24) is 44.9 Å². The molecule has 0 saturated carbocycles. The first-order valence-corrected chi connectivity index (χ1v) is 35.5. The van der Waals surface area contributed by atoms with Gasteiger partial charge in [-0.2, -0.15) is 0 Å². The average molecular weight is 1350 g/mol. The highest BCUT2D eigenvalue weighted by Gasteiger charge is 2.19. The maximum absolute atomic E-state index is 5.29. The van der Waals surface area contributed by atoms with Crippen LogP contribution in [0.25, 0.3) is 200 Å². The highest BCUT2D eigenvalue weighted by Crippen LogP contribution is 2.42. The van der Waals surface area contributed by atoms with Crippen molar-refractivity contribution in [2.24, 2.45) is 0 Å². The molecule has 0 N–H and O–H groups in total. The molecule has 0 fully saturated rings. The molecule has 0 unspecified atom stereocenters. The number of para-hydroxylation sites is 2. The lowest BCUT2D eigenvalue weighted by Crippen LogP contribution is -1.94. The second-order valence-corrected chi connectivity index (χ2v) is 26.4. The van der Waals surface area contributed by atoms with Crippen LogP contribution >= 0.6 is 0 Å². The van der Waals surface area contributed by atoms with E-state index in [4.69, 9.17) is 29.9 Å². The summed E-state index contributed by atoms with van der Waals surface area (Å²) < 4.78 is 0. The van der Waals surface area contributed by atoms with Gasteiger partial charge in [0.25, 0.3) is 0 Å². The highest BCUT2D eigenvalue weighted by molar-refractivity contribution is 6.18. The molecule has 0 aliphatic carbocycles. The molecule has 0 radical (unpaired) electrons. The van der Waals surface area contributed by atoms with Crippen molar-refractivity contribution >= 4 is 76.3 Å². The molecule has 20 rings (SSSR count). The third-order valence-corrected chi connectivity index (χ3v) is 19.9. The van der Waals surface area contributed by atoms with Gasteiger partial charge in [-0.15, -0.1) is 0 Å². The highest BCUT2D eigenvalue weighted by atomic mass is 14.8. The van der Waals surface area contributed by atoms with Gasteiger partial charge in [-0.1, -0.05) is 267 Å². The number of nitrogens with zero attached hydrogens (tertiary/aromatic N) is 9. The van der Waals surface area contributed by atoms with Crippen LogP contribution in [0.1, 0.15) is 0 Å². The quantitative estimate of drug-likeness (QED) is 0.0922. The van der Waals surface area contributed by atoms with Gasteiger partial charge in [0.1, 0.15) is 0 Å². The minimum atomic E-state index is 0.799. The molecule has 0 bridgehead atoms. The Morgan fingerprint density at radius 3 is 0.962 bits per heavy atom. The van der Waals surface area contributed by atoms with Crippen molar-refractivity contribution in [1.29, 1.82) is 0 Å². The third kappa shape index (κ3) is 12.0. The fourth-order valence-electron chi connectivity index (χ4n) is 14.5. The molecular formula is C97H61N9. The summed E-state index contributed by atoms with van der Waals surface area (Å²) in [7, 11) is 0. The summed E-state index contributed by atoms with van der Waals surface area (Å²) in [5, 5.41) is 7.64. The SMILES string of the molecule is c1ccc(-c2ccc(-c3c4ccccc4nc4c3ccc3ccc(-c5ccc(-c6cc(-c7ccccn7)nc(-c7ccccn7)c6)cc5)nc34)cc2)cc1.c1ccc(-c2ccc(-c3c4ccccc4nc4c3ccc3ccc(-c5ccc(-c6ccc7ccc(-c8ccccn8)nc7c6)cc5)nc34)cc2)cc1. The normalized spacial score (nSPS) is 11.4. The lowest BCUT2D eigenvalue weighted by Gasteiger charge is -2.14. The van der Waals surface area contributed by atoms with E-state index in [1.165, 1.54) is 33.4 Å². The van der Waals surface area contributed by atoms with Gasteiger partial charge in [-0.05, 0) is 141 Å². The number of hydrogen-bond acceptors (Lipinski definition) is 9. The molecule has 0 aliphatic heterocycles. The molecule has 0 amide bonds. The second-order valence-electron chi connectivity index (χ2n) is 26.4. The number of benzene rings is 11. The van der Waals surface area contributed by atoms with E-state index < -0.39 is 0 Å². The third-order valence-electron chi connectivity index (χ3n) is 19.9. The molecule has 0 aliphatic rings. The van der Waals surface area contributed by atoms with Crippen LogP contribution in [0.15, 0.2) is 370 Å². The first-order valence-electron chi connectivity index (χ1n) is 35.5. The van der Waals surface area contributed by atoms with Crippen LogP contribution in [-0.2, 0) is 0 Å². The van der Waals surface area contributed by atoms with Crippen molar-refractivity contribution in [3.63, 3.8) is 0 Å². The standard InChI is InChI=1S/C49H31N5.C48H30N4/c1-2-10-32(11-3-1)33-18-22-36(23-19-33)47-39-12-4-5-13-42(39)54-49-40(47)26-24-37-25-27-41(53-48(37)49)35-20-16-34(17-21-35)38-30-45(43-14-6-8-28-50-43)52-46(31-38)44-15-7-9-29-51-44;1-2-8-31(9-3-1)32-15-20-36(21-16-32)46-39-10-4-5-11-42(39)52-48-40(46)26-23-37-25-27-41(51-47(37)48)34-17-13-33(14-18-34)38-22-19-35-24-28-44(50-45(35)30-38)43-12-6-7-29-49-43/h1-31H;1-30H. The molecule has 0 saturated heterocycles. The van der Waals surface area contributed by atoms with E-state index in [9.17, 15) is 0 Å². The van der Waals surface area contributed by atoms with Gasteiger partial charge in [-0.3, -0.25) is 15.0 Å². The summed E-state index contributed by atoms with van der Waals surface area (Å²) in [5.74, 6) is 0. The van der Waals surface area contributed by atoms with E-state index in [2.05, 4.69) is 300 Å². The summed E-state index contributed by atoms with van der Waals surface area (Å²) in [6, 6.07) is 122. The van der Waals surface area contributed by atoms with E-state index >= 15 is 0 Å². The number of fused-ring (bicyclic) bond motifs is 9. The Labute approximate surface area is 611 Å². The smallest absolute Gasteiger partial charge is 0.0978 e. The van der Waals surface area contributed by atoms with Crippen LogP contribution in [0.5, 0.6) is 0 Å². The summed E-state index contributed by atoms with van der Waals surface area (Å²) in [5.41, 5.74) is 29.1. The Bertz CT molecular complexity index is 6630. The second kappa shape index (κ2) is 27.2.